The average molecular weight is 542 g/mol. The van der Waals surface area contributed by atoms with E-state index < -0.39 is 0 Å². The van der Waals surface area contributed by atoms with Crippen molar-refractivity contribution in [3.8, 4) is 0 Å². The lowest BCUT2D eigenvalue weighted by atomic mass is 10.0. The monoisotopic (exact) mass is 541 g/mol. The van der Waals surface area contributed by atoms with E-state index in [4.69, 9.17) is 9.97 Å². The third kappa shape index (κ3) is 5.75. The number of thiophene rings is 1. The van der Waals surface area contributed by atoms with Gasteiger partial charge >= 0.3 is 0 Å². The SMILES string of the molecule is C=CC(=O)Nc1ccc(Nc2ccc([C@H](C)Nc3nc(N4C(=O)CC[C@@H]4C(C)C)c4sccc4n3)cc2)nc1. The highest BCUT2D eigenvalue weighted by Gasteiger charge is 2.36. The second kappa shape index (κ2) is 11.2. The number of anilines is 5. The average Bonchev–Trinajstić information content (AvgIpc) is 3.56. The van der Waals surface area contributed by atoms with Gasteiger partial charge in [-0.25, -0.2) is 9.97 Å². The minimum absolute atomic E-state index is 0.0657. The van der Waals surface area contributed by atoms with E-state index in [9.17, 15) is 9.59 Å². The van der Waals surface area contributed by atoms with Crippen molar-refractivity contribution in [3.05, 3.63) is 72.3 Å². The van der Waals surface area contributed by atoms with Crippen LogP contribution < -0.4 is 20.9 Å². The second-order valence-corrected chi connectivity index (χ2v) is 10.8. The van der Waals surface area contributed by atoms with E-state index in [-0.39, 0.29) is 23.9 Å². The van der Waals surface area contributed by atoms with Crippen LogP contribution in [-0.4, -0.2) is 32.8 Å². The number of fused-ring (bicyclic) bond motifs is 1. The minimum Gasteiger partial charge on any atom is -0.348 e. The summed E-state index contributed by atoms with van der Waals surface area (Å²) in [4.78, 5) is 40.1. The van der Waals surface area contributed by atoms with Crippen molar-refractivity contribution in [3.63, 3.8) is 0 Å². The first-order chi connectivity index (χ1) is 18.8. The molecule has 200 valence electrons. The van der Waals surface area contributed by atoms with Crippen LogP contribution in [0.2, 0.25) is 0 Å². The first-order valence-electron chi connectivity index (χ1n) is 12.9. The summed E-state index contributed by atoms with van der Waals surface area (Å²) < 4.78 is 0.939. The fourth-order valence-electron chi connectivity index (χ4n) is 4.70. The van der Waals surface area contributed by atoms with Gasteiger partial charge in [0, 0.05) is 18.2 Å². The van der Waals surface area contributed by atoms with Gasteiger partial charge in [0.15, 0.2) is 5.82 Å². The smallest absolute Gasteiger partial charge is 0.247 e. The summed E-state index contributed by atoms with van der Waals surface area (Å²) in [6, 6.07) is 13.6. The summed E-state index contributed by atoms with van der Waals surface area (Å²) in [5, 5.41) is 11.4. The van der Waals surface area contributed by atoms with Gasteiger partial charge in [-0.05, 0) is 66.6 Å². The molecule has 2 amide bonds. The Balaban J connectivity index is 1.30. The number of benzene rings is 1. The Morgan fingerprint density at radius 3 is 2.56 bits per heavy atom. The number of hydrogen-bond donors (Lipinski definition) is 3. The molecule has 4 heterocycles. The Labute approximate surface area is 231 Å². The van der Waals surface area contributed by atoms with E-state index in [1.54, 1.807) is 29.7 Å². The van der Waals surface area contributed by atoms with Crippen LogP contribution in [0.5, 0.6) is 0 Å². The summed E-state index contributed by atoms with van der Waals surface area (Å²) in [6.45, 7) is 9.80. The zero-order valence-corrected chi connectivity index (χ0v) is 23.0. The second-order valence-electron chi connectivity index (χ2n) is 9.86. The van der Waals surface area contributed by atoms with Crippen molar-refractivity contribution in [2.24, 2.45) is 5.92 Å². The van der Waals surface area contributed by atoms with Crippen LogP contribution in [0.4, 0.5) is 29.0 Å². The van der Waals surface area contributed by atoms with Gasteiger partial charge in [0.2, 0.25) is 17.8 Å². The maximum Gasteiger partial charge on any atom is 0.247 e. The number of carbonyl (C=O) groups is 2. The highest BCUT2D eigenvalue weighted by molar-refractivity contribution is 7.17. The third-order valence-electron chi connectivity index (χ3n) is 6.78. The van der Waals surface area contributed by atoms with Gasteiger partial charge in [0.05, 0.1) is 28.1 Å². The molecular weight excluding hydrogens is 510 g/mol. The summed E-state index contributed by atoms with van der Waals surface area (Å²) in [5.74, 6) is 2.04. The molecule has 5 rings (SSSR count). The van der Waals surface area contributed by atoms with Crippen LogP contribution in [0.1, 0.15) is 45.2 Å². The van der Waals surface area contributed by atoms with Crippen LogP contribution in [0, 0.1) is 5.92 Å². The normalized spacial score (nSPS) is 15.9. The Kier molecular flexibility index (Phi) is 7.56. The fourth-order valence-corrected chi connectivity index (χ4v) is 5.52. The molecule has 0 radical (unpaired) electrons. The minimum atomic E-state index is -0.281. The topological polar surface area (TPSA) is 112 Å². The summed E-state index contributed by atoms with van der Waals surface area (Å²) in [7, 11) is 0. The molecule has 9 nitrogen and oxygen atoms in total. The molecule has 2 atom stereocenters. The molecule has 0 aliphatic carbocycles. The fraction of sp³-hybridized carbons (Fsp3) is 0.276. The molecule has 3 N–H and O–H groups in total. The van der Waals surface area contributed by atoms with E-state index in [0.717, 1.165) is 27.9 Å². The molecular formula is C29H31N7O2S. The molecule has 10 heteroatoms. The molecule has 1 aliphatic heterocycles. The number of nitrogens with one attached hydrogen (secondary N) is 3. The van der Waals surface area contributed by atoms with E-state index >= 15 is 0 Å². The molecule has 4 aromatic rings. The molecule has 0 spiro atoms. The largest absolute Gasteiger partial charge is 0.348 e. The van der Waals surface area contributed by atoms with Crippen molar-refractivity contribution in [2.45, 2.75) is 45.7 Å². The maximum atomic E-state index is 12.9. The zero-order valence-electron chi connectivity index (χ0n) is 22.1. The number of nitrogens with zero attached hydrogens (tertiary/aromatic N) is 4. The highest BCUT2D eigenvalue weighted by Crippen LogP contribution is 2.37. The van der Waals surface area contributed by atoms with E-state index in [1.165, 1.54) is 6.08 Å². The Morgan fingerprint density at radius 1 is 1.10 bits per heavy atom. The van der Waals surface area contributed by atoms with Crippen LogP contribution in [-0.2, 0) is 9.59 Å². The molecule has 1 aromatic carbocycles. The van der Waals surface area contributed by atoms with Crippen LogP contribution >= 0.6 is 11.3 Å². The van der Waals surface area contributed by atoms with Crippen molar-refractivity contribution in [1.29, 1.82) is 0 Å². The number of aromatic nitrogens is 3. The number of carbonyl (C=O) groups excluding carboxylic acids is 2. The van der Waals surface area contributed by atoms with Crippen LogP contribution in [0.3, 0.4) is 0 Å². The molecule has 0 bridgehead atoms. The van der Waals surface area contributed by atoms with Gasteiger partial charge in [-0.1, -0.05) is 32.6 Å². The van der Waals surface area contributed by atoms with E-state index in [1.807, 2.05) is 40.6 Å². The molecule has 1 aliphatic rings. The number of pyridine rings is 1. The summed E-state index contributed by atoms with van der Waals surface area (Å²) >= 11 is 1.57. The van der Waals surface area contributed by atoms with E-state index in [0.29, 0.717) is 35.6 Å². The number of amides is 2. The predicted molar refractivity (Wildman–Crippen MR) is 158 cm³/mol. The summed E-state index contributed by atoms with van der Waals surface area (Å²) in [6.07, 6.45) is 4.19. The quantitative estimate of drug-likeness (QED) is 0.214. The number of hydrogen-bond acceptors (Lipinski definition) is 8. The maximum absolute atomic E-state index is 12.9. The zero-order chi connectivity index (χ0) is 27.5. The van der Waals surface area contributed by atoms with Gasteiger partial charge in [-0.3, -0.25) is 14.5 Å². The molecule has 1 fully saturated rings. The van der Waals surface area contributed by atoms with Crippen molar-refractivity contribution < 1.29 is 9.59 Å². The first kappa shape index (κ1) is 26.3. The standard InChI is InChI=1S/C29H31N7O2S/c1-5-25(37)33-21-10-12-24(30-16-21)32-20-8-6-19(7-9-20)18(4)31-29-34-22-14-15-39-27(22)28(35-29)36-23(17(2)3)11-13-26(36)38/h5-10,12,14-18,23H,1,11,13H2,2-4H3,(H,30,32)(H,33,37)(H,31,34,35)/t18-,23+/m0/s1. The lowest BCUT2D eigenvalue weighted by Crippen LogP contribution is -2.37. The lowest BCUT2D eigenvalue weighted by molar-refractivity contribution is -0.117. The molecule has 0 saturated carbocycles. The predicted octanol–water partition coefficient (Wildman–Crippen LogP) is 6.28. The van der Waals surface area contributed by atoms with Crippen molar-refractivity contribution in [1.82, 2.24) is 15.0 Å². The Bertz CT molecular complexity index is 1500. The van der Waals surface area contributed by atoms with Gasteiger partial charge in [0.25, 0.3) is 0 Å². The lowest BCUT2D eigenvalue weighted by Gasteiger charge is -2.27. The van der Waals surface area contributed by atoms with Crippen molar-refractivity contribution >= 4 is 62.3 Å². The molecule has 39 heavy (non-hydrogen) atoms. The van der Waals surface area contributed by atoms with Crippen LogP contribution in [0.15, 0.2) is 66.7 Å². The molecule has 3 aromatic heterocycles. The Morgan fingerprint density at radius 2 is 1.87 bits per heavy atom. The van der Waals surface area contributed by atoms with Crippen LogP contribution in [0.25, 0.3) is 10.2 Å². The van der Waals surface area contributed by atoms with Gasteiger partial charge in [0.1, 0.15) is 5.82 Å². The third-order valence-corrected chi connectivity index (χ3v) is 7.68. The molecule has 1 saturated heterocycles. The Hall–Kier alpha value is -4.31. The highest BCUT2D eigenvalue weighted by atomic mass is 32.1. The van der Waals surface area contributed by atoms with Crippen molar-refractivity contribution in [2.75, 3.05) is 20.9 Å². The number of rotatable bonds is 9. The van der Waals surface area contributed by atoms with Gasteiger partial charge in [-0.2, -0.15) is 4.98 Å². The summed E-state index contributed by atoms with van der Waals surface area (Å²) in [5.41, 5.74) is 3.38. The van der Waals surface area contributed by atoms with Gasteiger partial charge in [-0.15, -0.1) is 11.3 Å². The van der Waals surface area contributed by atoms with E-state index in [2.05, 4.69) is 48.3 Å². The molecule has 0 unspecified atom stereocenters. The van der Waals surface area contributed by atoms with Gasteiger partial charge < -0.3 is 16.0 Å². The first-order valence-corrected chi connectivity index (χ1v) is 13.8.